The third-order valence-electron chi connectivity index (χ3n) is 2.54. The predicted molar refractivity (Wildman–Crippen MR) is 58.9 cm³/mol. The Labute approximate surface area is 89.7 Å². The number of amides is 1. The van der Waals surface area contributed by atoms with Gasteiger partial charge in [-0.05, 0) is 30.5 Å². The number of terminal acetylenes is 1. The fourth-order valence-corrected chi connectivity index (χ4v) is 1.40. The lowest BCUT2D eigenvalue weighted by molar-refractivity contribution is -0.122. The monoisotopic (exact) mass is 199 g/mol. The van der Waals surface area contributed by atoms with E-state index in [1.54, 1.807) is 0 Å². The summed E-state index contributed by atoms with van der Waals surface area (Å²) in [5.74, 6) is 3.01. The number of carbonyl (C=O) groups is 1. The molecule has 0 bridgehead atoms. The van der Waals surface area contributed by atoms with Crippen molar-refractivity contribution in [1.29, 1.82) is 0 Å². The van der Waals surface area contributed by atoms with Crippen molar-refractivity contribution in [3.63, 3.8) is 0 Å². The van der Waals surface area contributed by atoms with Gasteiger partial charge in [-0.2, -0.15) is 0 Å². The average Bonchev–Trinajstić information content (AvgIpc) is 3.10. The van der Waals surface area contributed by atoms with E-state index in [1.165, 1.54) is 0 Å². The minimum absolute atomic E-state index is 0.177. The fourth-order valence-electron chi connectivity index (χ4n) is 1.40. The molecule has 0 heterocycles. The van der Waals surface area contributed by atoms with E-state index >= 15 is 0 Å². The van der Waals surface area contributed by atoms with Gasteiger partial charge < -0.3 is 5.32 Å². The third-order valence-corrected chi connectivity index (χ3v) is 2.54. The first-order chi connectivity index (χ1) is 7.29. The van der Waals surface area contributed by atoms with Crippen LogP contribution < -0.4 is 5.32 Å². The largest absolute Gasteiger partial charge is 0.352 e. The Morgan fingerprint density at radius 3 is 2.60 bits per heavy atom. The van der Waals surface area contributed by atoms with Gasteiger partial charge in [0.15, 0.2) is 0 Å². The van der Waals surface area contributed by atoms with E-state index in [1.807, 2.05) is 24.3 Å². The van der Waals surface area contributed by atoms with Crippen molar-refractivity contribution in [1.82, 2.24) is 5.32 Å². The van der Waals surface area contributed by atoms with Crippen LogP contribution in [-0.4, -0.2) is 5.91 Å². The highest BCUT2D eigenvalue weighted by Gasteiger charge is 2.29. The molecule has 1 amide bonds. The molecule has 0 aromatic heterocycles. The van der Waals surface area contributed by atoms with E-state index in [2.05, 4.69) is 11.2 Å². The number of hydrogen-bond acceptors (Lipinski definition) is 1. The van der Waals surface area contributed by atoms with Crippen LogP contribution in [0, 0.1) is 18.3 Å². The van der Waals surface area contributed by atoms with Gasteiger partial charge in [-0.1, -0.05) is 18.1 Å². The van der Waals surface area contributed by atoms with E-state index in [-0.39, 0.29) is 11.8 Å². The molecule has 0 atom stereocenters. The molecule has 15 heavy (non-hydrogen) atoms. The van der Waals surface area contributed by atoms with Gasteiger partial charge in [0.25, 0.3) is 0 Å². The highest BCUT2D eigenvalue weighted by molar-refractivity contribution is 5.80. The maximum Gasteiger partial charge on any atom is 0.223 e. The van der Waals surface area contributed by atoms with Crippen molar-refractivity contribution in [2.24, 2.45) is 5.92 Å². The molecule has 1 aromatic carbocycles. The van der Waals surface area contributed by atoms with Crippen molar-refractivity contribution in [3.8, 4) is 12.3 Å². The van der Waals surface area contributed by atoms with Crippen LogP contribution in [-0.2, 0) is 11.3 Å². The summed E-state index contributed by atoms with van der Waals surface area (Å²) in [5, 5.41) is 2.91. The van der Waals surface area contributed by atoms with Gasteiger partial charge in [0.05, 0.1) is 0 Å². The first-order valence-electron chi connectivity index (χ1n) is 5.13. The molecule has 1 N–H and O–H groups in total. The van der Waals surface area contributed by atoms with Crippen molar-refractivity contribution < 1.29 is 4.79 Å². The molecule has 2 rings (SSSR count). The second-order valence-electron chi connectivity index (χ2n) is 3.83. The van der Waals surface area contributed by atoms with Gasteiger partial charge in [0, 0.05) is 18.0 Å². The lowest BCUT2D eigenvalue weighted by atomic mass is 10.1. The zero-order valence-corrected chi connectivity index (χ0v) is 8.49. The summed E-state index contributed by atoms with van der Waals surface area (Å²) in [6, 6.07) is 7.67. The van der Waals surface area contributed by atoms with Crippen LogP contribution in [0.1, 0.15) is 24.0 Å². The lowest BCUT2D eigenvalue weighted by Gasteiger charge is -2.04. The molecular formula is C13H13NO. The smallest absolute Gasteiger partial charge is 0.223 e. The van der Waals surface area contributed by atoms with Gasteiger partial charge in [-0.25, -0.2) is 0 Å². The van der Waals surface area contributed by atoms with Gasteiger partial charge >= 0.3 is 0 Å². The summed E-state index contributed by atoms with van der Waals surface area (Å²) < 4.78 is 0. The molecule has 1 aromatic rings. The molecular weight excluding hydrogens is 186 g/mol. The Morgan fingerprint density at radius 1 is 1.40 bits per heavy atom. The third kappa shape index (κ3) is 2.60. The second-order valence-corrected chi connectivity index (χ2v) is 3.83. The van der Waals surface area contributed by atoms with Crippen molar-refractivity contribution >= 4 is 5.91 Å². The standard InChI is InChI=1S/C13H13NO/c1-2-10-3-5-11(6-4-10)9-14-13(15)12-7-8-12/h1,3-6,12H,7-9H2,(H,14,15). The highest BCUT2D eigenvalue weighted by Crippen LogP contribution is 2.28. The minimum Gasteiger partial charge on any atom is -0.352 e. The van der Waals surface area contributed by atoms with E-state index < -0.39 is 0 Å². The van der Waals surface area contributed by atoms with Crippen LogP contribution in [0.2, 0.25) is 0 Å². The van der Waals surface area contributed by atoms with Crippen LogP contribution in [0.25, 0.3) is 0 Å². The first-order valence-corrected chi connectivity index (χ1v) is 5.13. The molecule has 2 heteroatoms. The highest BCUT2D eigenvalue weighted by atomic mass is 16.2. The molecule has 1 aliphatic carbocycles. The molecule has 0 saturated heterocycles. The maximum atomic E-state index is 11.4. The summed E-state index contributed by atoms with van der Waals surface area (Å²) in [6.45, 7) is 0.597. The van der Waals surface area contributed by atoms with Crippen molar-refractivity contribution in [3.05, 3.63) is 35.4 Å². The summed E-state index contributed by atoms with van der Waals surface area (Å²) in [4.78, 5) is 11.4. The van der Waals surface area contributed by atoms with Gasteiger partial charge in [0.2, 0.25) is 5.91 Å². The van der Waals surface area contributed by atoms with Crippen LogP contribution in [0.4, 0.5) is 0 Å². The molecule has 1 aliphatic rings. The van der Waals surface area contributed by atoms with Crippen molar-refractivity contribution in [2.75, 3.05) is 0 Å². The average molecular weight is 199 g/mol. The minimum atomic E-state index is 0.177. The number of nitrogens with one attached hydrogen (secondary N) is 1. The summed E-state index contributed by atoms with van der Waals surface area (Å²) in [7, 11) is 0. The second kappa shape index (κ2) is 4.18. The number of rotatable bonds is 3. The Balaban J connectivity index is 1.87. The zero-order chi connectivity index (χ0) is 10.7. The number of carbonyl (C=O) groups excluding carboxylic acids is 1. The quantitative estimate of drug-likeness (QED) is 0.737. The molecule has 0 aliphatic heterocycles. The van der Waals surface area contributed by atoms with Gasteiger partial charge in [-0.3, -0.25) is 4.79 Å². The molecule has 1 fully saturated rings. The molecule has 1 saturated carbocycles. The van der Waals surface area contributed by atoms with Gasteiger partial charge in [-0.15, -0.1) is 6.42 Å². The molecule has 2 nitrogen and oxygen atoms in total. The van der Waals surface area contributed by atoms with Gasteiger partial charge in [0.1, 0.15) is 0 Å². The Bertz CT molecular complexity index is 396. The Morgan fingerprint density at radius 2 is 2.07 bits per heavy atom. The van der Waals surface area contributed by atoms with E-state index in [9.17, 15) is 4.79 Å². The molecule has 0 spiro atoms. The van der Waals surface area contributed by atoms with Crippen molar-refractivity contribution in [2.45, 2.75) is 19.4 Å². The predicted octanol–water partition coefficient (Wildman–Crippen LogP) is 1.69. The van der Waals surface area contributed by atoms with Crippen LogP contribution in [0.3, 0.4) is 0 Å². The van der Waals surface area contributed by atoms with E-state index in [4.69, 9.17) is 6.42 Å². The zero-order valence-electron chi connectivity index (χ0n) is 8.49. The first kappa shape index (κ1) is 9.79. The topological polar surface area (TPSA) is 29.1 Å². The summed E-state index contributed by atoms with van der Waals surface area (Å²) in [5.41, 5.74) is 1.95. The van der Waals surface area contributed by atoms with Crippen LogP contribution in [0.15, 0.2) is 24.3 Å². The SMILES string of the molecule is C#Cc1ccc(CNC(=O)C2CC2)cc1. The lowest BCUT2D eigenvalue weighted by Crippen LogP contribution is -2.24. The molecule has 0 unspecified atom stereocenters. The normalized spacial score (nSPS) is 14.3. The number of hydrogen-bond donors (Lipinski definition) is 1. The molecule has 76 valence electrons. The molecule has 0 radical (unpaired) electrons. The maximum absolute atomic E-state index is 11.4. The number of benzene rings is 1. The van der Waals surface area contributed by atoms with Crippen LogP contribution in [0.5, 0.6) is 0 Å². The Hall–Kier alpha value is -1.75. The van der Waals surface area contributed by atoms with E-state index in [0.29, 0.717) is 6.54 Å². The van der Waals surface area contributed by atoms with Crippen LogP contribution >= 0.6 is 0 Å². The van der Waals surface area contributed by atoms with E-state index in [0.717, 1.165) is 24.0 Å². The summed E-state index contributed by atoms with van der Waals surface area (Å²) >= 11 is 0. The fraction of sp³-hybridized carbons (Fsp3) is 0.308. The summed E-state index contributed by atoms with van der Waals surface area (Å²) in [6.07, 6.45) is 7.34. The Kier molecular flexibility index (Phi) is 2.73.